The Morgan fingerprint density at radius 1 is 0.618 bits per heavy atom. The summed E-state index contributed by atoms with van der Waals surface area (Å²) in [4.78, 5) is 15.2. The lowest BCUT2D eigenvalue weighted by Crippen LogP contribution is -1.94. The van der Waals surface area contributed by atoms with E-state index in [-0.39, 0.29) is 13.2 Å². The number of aryl methyl sites for hydroxylation is 1. The lowest BCUT2D eigenvalue weighted by molar-refractivity contribution is 0.276. The first-order valence-corrected chi connectivity index (χ1v) is 11.2. The van der Waals surface area contributed by atoms with Crippen LogP contribution in [-0.2, 0) is 19.6 Å². The SMILES string of the molecule is Cc1[nH]c(-c2ccccc2)nc1CO.OCc1nc(-c2ccccc2)[nH]c1Cc1ccccc1. The molecule has 0 aliphatic rings. The highest BCUT2D eigenvalue weighted by molar-refractivity contribution is 5.56. The molecule has 0 aliphatic heterocycles. The van der Waals surface area contributed by atoms with E-state index in [4.69, 9.17) is 5.11 Å². The van der Waals surface area contributed by atoms with Crippen molar-refractivity contribution in [1.82, 2.24) is 19.9 Å². The van der Waals surface area contributed by atoms with Gasteiger partial charge in [0.2, 0.25) is 0 Å². The molecule has 2 aromatic heterocycles. The van der Waals surface area contributed by atoms with Crippen molar-refractivity contribution < 1.29 is 10.2 Å². The van der Waals surface area contributed by atoms with Gasteiger partial charge in [-0.05, 0) is 12.5 Å². The zero-order valence-corrected chi connectivity index (χ0v) is 19.1. The van der Waals surface area contributed by atoms with Gasteiger partial charge in [0.1, 0.15) is 11.6 Å². The van der Waals surface area contributed by atoms with Crippen LogP contribution in [0.1, 0.15) is 28.3 Å². The van der Waals surface area contributed by atoms with Gasteiger partial charge in [0.05, 0.1) is 24.6 Å². The third-order valence-electron chi connectivity index (χ3n) is 5.47. The summed E-state index contributed by atoms with van der Waals surface area (Å²) in [5, 5.41) is 18.5. The van der Waals surface area contributed by atoms with Crippen LogP contribution in [0.3, 0.4) is 0 Å². The minimum absolute atomic E-state index is 0.0187. The molecule has 3 aromatic carbocycles. The maximum absolute atomic E-state index is 9.47. The molecule has 4 N–H and O–H groups in total. The first kappa shape index (κ1) is 23.2. The Morgan fingerprint density at radius 3 is 1.59 bits per heavy atom. The zero-order chi connectivity index (χ0) is 23.8. The summed E-state index contributed by atoms with van der Waals surface area (Å²) in [5.74, 6) is 1.62. The Balaban J connectivity index is 0.000000172. The number of aromatic nitrogens is 4. The predicted molar refractivity (Wildman–Crippen MR) is 134 cm³/mol. The molecule has 0 bridgehead atoms. The van der Waals surface area contributed by atoms with Crippen molar-refractivity contribution in [1.29, 1.82) is 0 Å². The Labute approximate surface area is 199 Å². The van der Waals surface area contributed by atoms with Crippen LogP contribution in [-0.4, -0.2) is 30.1 Å². The molecule has 34 heavy (non-hydrogen) atoms. The van der Waals surface area contributed by atoms with Crippen molar-refractivity contribution in [2.45, 2.75) is 26.6 Å². The van der Waals surface area contributed by atoms with Gasteiger partial charge < -0.3 is 20.2 Å². The van der Waals surface area contributed by atoms with E-state index in [9.17, 15) is 5.11 Å². The predicted octanol–water partition coefficient (Wildman–Crippen LogP) is 5.04. The molecule has 0 radical (unpaired) electrons. The van der Waals surface area contributed by atoms with Crippen LogP contribution in [0.5, 0.6) is 0 Å². The molecule has 5 aromatic rings. The summed E-state index contributed by atoms with van der Waals surface area (Å²) in [6.07, 6.45) is 0.747. The monoisotopic (exact) mass is 452 g/mol. The maximum Gasteiger partial charge on any atom is 0.137 e. The van der Waals surface area contributed by atoms with E-state index in [0.717, 1.165) is 40.6 Å². The molecule has 0 spiro atoms. The molecule has 172 valence electrons. The molecule has 6 heteroatoms. The normalized spacial score (nSPS) is 10.6. The number of hydrogen-bond acceptors (Lipinski definition) is 4. The number of nitrogens with zero attached hydrogens (tertiary/aromatic N) is 2. The standard InChI is InChI=1S/C17H16N2O.C11H12N2O/c20-12-16-15(11-13-7-3-1-4-8-13)18-17(19-16)14-9-5-2-6-10-14;1-8-10(7-14)13-11(12-8)9-5-3-2-4-6-9/h1-10,20H,11-12H2,(H,18,19);2-6,14H,7H2,1H3,(H,12,13). The van der Waals surface area contributed by atoms with E-state index in [1.165, 1.54) is 5.56 Å². The molecular formula is C28H28N4O2. The van der Waals surface area contributed by atoms with Crippen molar-refractivity contribution in [3.8, 4) is 22.8 Å². The van der Waals surface area contributed by atoms with Crippen LogP contribution >= 0.6 is 0 Å². The van der Waals surface area contributed by atoms with Crippen molar-refractivity contribution in [2.75, 3.05) is 0 Å². The van der Waals surface area contributed by atoms with E-state index < -0.39 is 0 Å². The van der Waals surface area contributed by atoms with Crippen LogP contribution in [0.15, 0.2) is 91.0 Å². The smallest absolute Gasteiger partial charge is 0.137 e. The first-order valence-electron chi connectivity index (χ1n) is 11.2. The summed E-state index contributed by atoms with van der Waals surface area (Å²) >= 11 is 0. The fourth-order valence-corrected chi connectivity index (χ4v) is 3.64. The van der Waals surface area contributed by atoms with Crippen LogP contribution in [0.25, 0.3) is 22.8 Å². The van der Waals surface area contributed by atoms with Gasteiger partial charge in [-0.15, -0.1) is 0 Å². The van der Waals surface area contributed by atoms with E-state index >= 15 is 0 Å². The maximum atomic E-state index is 9.47. The van der Waals surface area contributed by atoms with Gasteiger partial charge in [0, 0.05) is 28.9 Å². The number of aliphatic hydroxyl groups excluding tert-OH is 2. The molecule has 0 aliphatic carbocycles. The number of imidazole rings is 2. The van der Waals surface area contributed by atoms with Gasteiger partial charge >= 0.3 is 0 Å². The van der Waals surface area contributed by atoms with E-state index in [2.05, 4.69) is 32.1 Å². The van der Waals surface area contributed by atoms with Crippen LogP contribution in [0.2, 0.25) is 0 Å². The Kier molecular flexibility index (Phi) is 7.65. The minimum atomic E-state index is -0.0501. The third kappa shape index (κ3) is 5.67. The second-order valence-corrected chi connectivity index (χ2v) is 7.88. The van der Waals surface area contributed by atoms with Gasteiger partial charge in [-0.3, -0.25) is 0 Å². The molecular weight excluding hydrogens is 424 g/mol. The summed E-state index contributed by atoms with van der Waals surface area (Å²) in [5.41, 5.74) is 6.59. The first-order chi connectivity index (χ1) is 16.7. The molecule has 0 fully saturated rings. The Morgan fingerprint density at radius 2 is 1.09 bits per heavy atom. The van der Waals surface area contributed by atoms with Crippen LogP contribution in [0, 0.1) is 6.92 Å². The van der Waals surface area contributed by atoms with Crippen LogP contribution in [0.4, 0.5) is 0 Å². The quantitative estimate of drug-likeness (QED) is 0.290. The minimum Gasteiger partial charge on any atom is -0.390 e. The number of hydrogen-bond donors (Lipinski definition) is 4. The average molecular weight is 453 g/mol. The van der Waals surface area contributed by atoms with Gasteiger partial charge in [-0.2, -0.15) is 0 Å². The summed E-state index contributed by atoms with van der Waals surface area (Å²) in [6, 6.07) is 30.0. The van der Waals surface area contributed by atoms with Gasteiger partial charge in [-0.1, -0.05) is 91.0 Å². The summed E-state index contributed by atoms with van der Waals surface area (Å²) in [6.45, 7) is 1.84. The highest BCUT2D eigenvalue weighted by Crippen LogP contribution is 2.20. The molecule has 0 saturated heterocycles. The summed E-state index contributed by atoms with van der Waals surface area (Å²) in [7, 11) is 0. The van der Waals surface area contributed by atoms with Crippen LogP contribution < -0.4 is 0 Å². The van der Waals surface area contributed by atoms with Crippen molar-refractivity contribution in [2.24, 2.45) is 0 Å². The van der Waals surface area contributed by atoms with Gasteiger partial charge in [0.15, 0.2) is 0 Å². The lowest BCUT2D eigenvalue weighted by atomic mass is 10.1. The van der Waals surface area contributed by atoms with Crippen molar-refractivity contribution >= 4 is 0 Å². The van der Waals surface area contributed by atoms with Gasteiger partial charge in [0.25, 0.3) is 0 Å². The average Bonchev–Trinajstić information content (AvgIpc) is 3.49. The second kappa shape index (κ2) is 11.2. The lowest BCUT2D eigenvalue weighted by Gasteiger charge is -2.00. The van der Waals surface area contributed by atoms with Crippen molar-refractivity contribution in [3.05, 3.63) is 119 Å². The van der Waals surface area contributed by atoms with E-state index in [0.29, 0.717) is 11.4 Å². The number of nitrogens with one attached hydrogen (secondary N) is 2. The number of H-pyrrole nitrogens is 2. The second-order valence-electron chi connectivity index (χ2n) is 7.88. The number of rotatable bonds is 6. The number of aromatic amines is 2. The van der Waals surface area contributed by atoms with E-state index in [1.54, 1.807) is 0 Å². The molecule has 6 nitrogen and oxygen atoms in total. The highest BCUT2D eigenvalue weighted by atomic mass is 16.3. The molecule has 0 saturated carbocycles. The van der Waals surface area contributed by atoms with E-state index in [1.807, 2.05) is 85.8 Å². The van der Waals surface area contributed by atoms with Crippen molar-refractivity contribution in [3.63, 3.8) is 0 Å². The molecule has 0 amide bonds. The third-order valence-corrected chi connectivity index (χ3v) is 5.47. The fraction of sp³-hybridized carbons (Fsp3) is 0.143. The zero-order valence-electron chi connectivity index (χ0n) is 19.1. The number of aliphatic hydroxyl groups is 2. The summed E-state index contributed by atoms with van der Waals surface area (Å²) < 4.78 is 0. The molecule has 5 rings (SSSR count). The number of benzene rings is 3. The Hall–Kier alpha value is -4.00. The molecule has 0 atom stereocenters. The highest BCUT2D eigenvalue weighted by Gasteiger charge is 2.11. The Bertz CT molecular complexity index is 1300. The topological polar surface area (TPSA) is 97.8 Å². The largest absolute Gasteiger partial charge is 0.390 e. The molecule has 0 unspecified atom stereocenters. The molecule has 2 heterocycles. The van der Waals surface area contributed by atoms with Gasteiger partial charge in [-0.25, -0.2) is 9.97 Å². The fourth-order valence-electron chi connectivity index (χ4n) is 3.64.